The molecule has 1 atom stereocenters. The smallest absolute Gasteiger partial charge is 0.257 e. The minimum Gasteiger partial charge on any atom is -0.310 e. The van der Waals surface area contributed by atoms with Crippen molar-refractivity contribution in [3.8, 4) is 5.95 Å². The van der Waals surface area contributed by atoms with Gasteiger partial charge >= 0.3 is 0 Å². The van der Waals surface area contributed by atoms with Gasteiger partial charge in [0.1, 0.15) is 5.82 Å². The van der Waals surface area contributed by atoms with Crippen molar-refractivity contribution in [1.29, 1.82) is 0 Å². The fraction of sp³-hybridized carbons (Fsp3) is 0.400. The van der Waals surface area contributed by atoms with E-state index in [0.29, 0.717) is 45.7 Å². The number of nitrogens with one attached hydrogen (secondary N) is 2. The Hall–Kier alpha value is -3.21. The highest BCUT2D eigenvalue weighted by Gasteiger charge is 2.28. The van der Waals surface area contributed by atoms with E-state index in [1.165, 1.54) is 16.4 Å². The third-order valence-electron chi connectivity index (χ3n) is 5.18. The summed E-state index contributed by atoms with van der Waals surface area (Å²) in [6.45, 7) is 7.17. The number of aryl methyl sites for hydroxylation is 3. The summed E-state index contributed by atoms with van der Waals surface area (Å²) in [7, 11) is 0. The number of amides is 1. The van der Waals surface area contributed by atoms with Gasteiger partial charge in [-0.2, -0.15) is 9.78 Å². The molecule has 1 amide bonds. The Labute approximate surface area is 182 Å². The van der Waals surface area contributed by atoms with Crippen molar-refractivity contribution < 1.29 is 4.79 Å². The molecular formula is C20H23N7O3S. The molecule has 3 aromatic rings. The van der Waals surface area contributed by atoms with Crippen LogP contribution in [0.3, 0.4) is 0 Å². The number of H-pyrrole nitrogens is 1. The normalized spacial score (nSPS) is 15.2. The van der Waals surface area contributed by atoms with Crippen LogP contribution >= 0.6 is 11.8 Å². The first-order valence-electron chi connectivity index (χ1n) is 9.96. The number of anilines is 1. The summed E-state index contributed by atoms with van der Waals surface area (Å²) in [6.07, 6.45) is 2.25. The molecule has 31 heavy (non-hydrogen) atoms. The number of thioether (sulfide) groups is 1. The van der Waals surface area contributed by atoms with Gasteiger partial charge in [-0.25, -0.2) is 9.97 Å². The molecule has 0 aromatic carbocycles. The van der Waals surface area contributed by atoms with Crippen LogP contribution in [0.4, 0.5) is 5.82 Å². The van der Waals surface area contributed by atoms with E-state index in [0.717, 1.165) is 0 Å². The second-order valence-corrected chi connectivity index (χ2v) is 8.49. The number of aromatic amines is 1. The second kappa shape index (κ2) is 8.14. The molecule has 1 aliphatic heterocycles. The summed E-state index contributed by atoms with van der Waals surface area (Å²) < 4.78 is 3.00. The predicted molar refractivity (Wildman–Crippen MR) is 117 cm³/mol. The van der Waals surface area contributed by atoms with E-state index in [2.05, 4.69) is 25.4 Å². The molecule has 0 spiro atoms. The van der Waals surface area contributed by atoms with E-state index >= 15 is 0 Å². The fourth-order valence-electron chi connectivity index (χ4n) is 3.64. The zero-order valence-electron chi connectivity index (χ0n) is 17.7. The number of aromatic nitrogens is 6. The molecule has 3 aromatic heterocycles. The van der Waals surface area contributed by atoms with Crippen LogP contribution in [0.25, 0.3) is 5.95 Å². The summed E-state index contributed by atoms with van der Waals surface area (Å²) in [6, 6.07) is 1.43. The van der Waals surface area contributed by atoms with Crippen molar-refractivity contribution in [2.24, 2.45) is 0 Å². The molecule has 4 rings (SSSR count). The first kappa shape index (κ1) is 21.0. The molecule has 4 heterocycles. The molecule has 162 valence electrons. The van der Waals surface area contributed by atoms with Crippen LogP contribution in [0.15, 0.2) is 27.0 Å². The first-order valence-corrected chi connectivity index (χ1v) is 10.9. The maximum absolute atomic E-state index is 12.8. The molecule has 2 N–H and O–H groups in total. The molecule has 0 aliphatic carbocycles. The van der Waals surface area contributed by atoms with Gasteiger partial charge in [-0.15, -0.1) is 0 Å². The summed E-state index contributed by atoms with van der Waals surface area (Å²) in [4.78, 5) is 49.1. The van der Waals surface area contributed by atoms with Gasteiger partial charge in [-0.05, 0) is 27.2 Å². The second-order valence-electron chi connectivity index (χ2n) is 7.51. The lowest BCUT2D eigenvalue weighted by Gasteiger charge is -2.14. The zero-order chi connectivity index (χ0) is 22.3. The minimum atomic E-state index is -0.276. The number of fused-ring (bicyclic) bond motifs is 1. The number of carbonyl (C=O) groups is 1. The minimum absolute atomic E-state index is 0.118. The average Bonchev–Trinajstić information content (AvgIpc) is 3.28. The maximum Gasteiger partial charge on any atom is 0.257 e. The van der Waals surface area contributed by atoms with Crippen LogP contribution in [0.2, 0.25) is 0 Å². The number of carbonyl (C=O) groups excluding carboxylic acids is 1. The van der Waals surface area contributed by atoms with Crippen molar-refractivity contribution in [2.45, 2.75) is 51.7 Å². The van der Waals surface area contributed by atoms with Crippen molar-refractivity contribution in [1.82, 2.24) is 29.3 Å². The molecule has 0 saturated carbocycles. The maximum atomic E-state index is 12.8. The van der Waals surface area contributed by atoms with E-state index in [1.807, 2.05) is 6.92 Å². The first-order chi connectivity index (χ1) is 14.8. The quantitative estimate of drug-likeness (QED) is 0.577. The molecule has 11 heteroatoms. The molecule has 0 saturated heterocycles. The zero-order valence-corrected chi connectivity index (χ0v) is 18.5. The molecule has 1 aliphatic rings. The van der Waals surface area contributed by atoms with Gasteiger partial charge in [-0.3, -0.25) is 23.9 Å². The Balaban J connectivity index is 1.59. The number of rotatable bonds is 5. The number of hydrogen-bond donors (Lipinski definition) is 2. The van der Waals surface area contributed by atoms with Crippen LogP contribution in [0, 0.1) is 20.8 Å². The Bertz CT molecular complexity index is 1290. The van der Waals surface area contributed by atoms with Gasteiger partial charge in [0, 0.05) is 41.3 Å². The van der Waals surface area contributed by atoms with Crippen molar-refractivity contribution in [3.05, 3.63) is 55.5 Å². The molecule has 0 fully saturated rings. The van der Waals surface area contributed by atoms with Gasteiger partial charge in [-0.1, -0.05) is 18.7 Å². The van der Waals surface area contributed by atoms with Crippen LogP contribution in [-0.4, -0.2) is 41.0 Å². The Morgan fingerprint density at radius 1 is 1.32 bits per heavy atom. The van der Waals surface area contributed by atoms with E-state index in [1.54, 1.807) is 37.6 Å². The number of hydrogen-bond acceptors (Lipinski definition) is 7. The fourth-order valence-corrected chi connectivity index (χ4v) is 4.75. The molecule has 0 bridgehead atoms. The van der Waals surface area contributed by atoms with Crippen molar-refractivity contribution in [3.63, 3.8) is 0 Å². The Kier molecular flexibility index (Phi) is 5.52. The van der Waals surface area contributed by atoms with Gasteiger partial charge in [0.15, 0.2) is 5.16 Å². The largest absolute Gasteiger partial charge is 0.310 e. The SMILES string of the molecule is CCc1c(C)nc(-n2nc(C)cc2NC(=O)CC2CSc3ncc(C)c(=O)n32)[nH]c1=O. The summed E-state index contributed by atoms with van der Waals surface area (Å²) in [5, 5.41) is 7.84. The topological polar surface area (TPSA) is 128 Å². The molecular weight excluding hydrogens is 418 g/mol. The Morgan fingerprint density at radius 3 is 2.81 bits per heavy atom. The highest BCUT2D eigenvalue weighted by molar-refractivity contribution is 7.99. The lowest BCUT2D eigenvalue weighted by atomic mass is 10.2. The lowest BCUT2D eigenvalue weighted by molar-refractivity contribution is -0.116. The van der Waals surface area contributed by atoms with Crippen molar-refractivity contribution >= 4 is 23.5 Å². The third-order valence-corrected chi connectivity index (χ3v) is 6.30. The summed E-state index contributed by atoms with van der Waals surface area (Å²) in [5.74, 6) is 0.970. The monoisotopic (exact) mass is 441 g/mol. The van der Waals surface area contributed by atoms with E-state index in [-0.39, 0.29) is 35.4 Å². The summed E-state index contributed by atoms with van der Waals surface area (Å²) >= 11 is 1.46. The van der Waals surface area contributed by atoms with Gasteiger partial charge in [0.2, 0.25) is 11.9 Å². The van der Waals surface area contributed by atoms with Gasteiger partial charge in [0.05, 0.1) is 11.7 Å². The molecule has 0 radical (unpaired) electrons. The Morgan fingerprint density at radius 2 is 2.10 bits per heavy atom. The summed E-state index contributed by atoms with van der Waals surface area (Å²) in [5.41, 5.74) is 2.09. The standard InChI is InChI=1S/C20H23N7O3S/c1-5-14-12(4)22-19(24-17(14)29)27-15(6-11(3)25-27)23-16(28)7-13-9-31-20-21-8-10(2)18(30)26(13)20/h6,8,13H,5,7,9H2,1-4H3,(H,23,28)(H,22,24,29). The van der Waals surface area contributed by atoms with Crippen LogP contribution < -0.4 is 16.4 Å². The van der Waals surface area contributed by atoms with Crippen molar-refractivity contribution in [2.75, 3.05) is 11.1 Å². The van der Waals surface area contributed by atoms with Gasteiger partial charge in [0.25, 0.3) is 11.1 Å². The highest BCUT2D eigenvalue weighted by Crippen LogP contribution is 2.32. The third kappa shape index (κ3) is 3.92. The molecule has 1 unspecified atom stereocenters. The highest BCUT2D eigenvalue weighted by atomic mass is 32.2. The molecule has 10 nitrogen and oxygen atoms in total. The predicted octanol–water partition coefficient (Wildman–Crippen LogP) is 1.68. The van der Waals surface area contributed by atoms with Gasteiger partial charge < -0.3 is 5.32 Å². The average molecular weight is 442 g/mol. The number of nitrogens with zero attached hydrogens (tertiary/aromatic N) is 5. The van der Waals surface area contributed by atoms with Crippen LogP contribution in [0.5, 0.6) is 0 Å². The van der Waals surface area contributed by atoms with E-state index < -0.39 is 0 Å². The van der Waals surface area contributed by atoms with E-state index in [9.17, 15) is 14.4 Å². The van der Waals surface area contributed by atoms with E-state index in [4.69, 9.17) is 0 Å². The van der Waals surface area contributed by atoms with Crippen LogP contribution in [-0.2, 0) is 11.2 Å². The lowest BCUT2D eigenvalue weighted by Crippen LogP contribution is -2.29. The van der Waals surface area contributed by atoms with Crippen LogP contribution in [0.1, 0.15) is 41.9 Å².